The van der Waals surface area contributed by atoms with Crippen molar-refractivity contribution in [3.63, 3.8) is 0 Å². The van der Waals surface area contributed by atoms with E-state index in [0.29, 0.717) is 11.8 Å². The number of thiazole rings is 1. The van der Waals surface area contributed by atoms with Gasteiger partial charge in [-0.05, 0) is 72.6 Å². The van der Waals surface area contributed by atoms with Crippen LogP contribution < -0.4 is 4.57 Å². The van der Waals surface area contributed by atoms with E-state index in [2.05, 4.69) is 62.3 Å². The molecule has 0 aliphatic heterocycles. The number of aromatic nitrogens is 1. The number of carbonyl (C=O) groups is 1. The van der Waals surface area contributed by atoms with Crippen molar-refractivity contribution in [3.8, 4) is 11.3 Å². The molecule has 0 amide bonds. The van der Waals surface area contributed by atoms with Crippen molar-refractivity contribution in [2.75, 3.05) is 7.11 Å². The minimum atomic E-state index is -0.386. The molecule has 1 fully saturated rings. The van der Waals surface area contributed by atoms with Gasteiger partial charge in [0, 0.05) is 0 Å². The Morgan fingerprint density at radius 2 is 2.03 bits per heavy atom. The van der Waals surface area contributed by atoms with Crippen LogP contribution in [0, 0.1) is 11.3 Å². The van der Waals surface area contributed by atoms with Crippen molar-refractivity contribution < 1.29 is 14.1 Å². The van der Waals surface area contributed by atoms with Crippen LogP contribution in [0.15, 0.2) is 23.0 Å². The standard InChI is InChI=1S/C25H34NO2S/c1-16(2)18-12-17-8-9-22-24(3,10-7-11-25(22,4)23(27)28-6)20(17)13-19(18)21-14-29-15-26(21)5/h12-16,22H,7-11H2,1-6H3/q+1/t22-,24-,25-/m1/s1. The van der Waals surface area contributed by atoms with Gasteiger partial charge in [0.05, 0.1) is 23.5 Å². The number of aryl methyl sites for hydroxylation is 2. The molecule has 1 saturated carbocycles. The molecule has 2 aliphatic carbocycles. The Labute approximate surface area is 179 Å². The average molecular weight is 413 g/mol. The zero-order chi connectivity index (χ0) is 21.0. The van der Waals surface area contributed by atoms with Crippen LogP contribution in [0.3, 0.4) is 0 Å². The summed E-state index contributed by atoms with van der Waals surface area (Å²) in [5, 5.41) is 2.26. The maximum absolute atomic E-state index is 12.8. The van der Waals surface area contributed by atoms with Gasteiger partial charge in [-0.1, -0.05) is 44.6 Å². The molecule has 3 nitrogen and oxygen atoms in total. The summed E-state index contributed by atoms with van der Waals surface area (Å²) in [6, 6.07) is 4.94. The molecule has 4 heteroatoms. The second-order valence-electron chi connectivity index (χ2n) is 9.88. The lowest BCUT2D eigenvalue weighted by Gasteiger charge is -2.54. The monoisotopic (exact) mass is 412 g/mol. The van der Waals surface area contributed by atoms with Gasteiger partial charge in [0.25, 0.3) is 0 Å². The number of methoxy groups -OCH3 is 1. The van der Waals surface area contributed by atoms with E-state index >= 15 is 0 Å². The van der Waals surface area contributed by atoms with Gasteiger partial charge in [-0.15, -0.1) is 0 Å². The molecule has 1 heterocycles. The summed E-state index contributed by atoms with van der Waals surface area (Å²) < 4.78 is 7.52. The largest absolute Gasteiger partial charge is 0.469 e. The highest BCUT2D eigenvalue weighted by Crippen LogP contribution is 2.58. The molecule has 0 bridgehead atoms. The fraction of sp³-hybridized carbons (Fsp3) is 0.600. The number of hydrogen-bond acceptors (Lipinski definition) is 3. The predicted molar refractivity (Wildman–Crippen MR) is 118 cm³/mol. The van der Waals surface area contributed by atoms with Crippen LogP contribution in [0.4, 0.5) is 0 Å². The summed E-state index contributed by atoms with van der Waals surface area (Å²) in [5.74, 6) is 0.783. The molecule has 1 aromatic carbocycles. The molecule has 3 atom stereocenters. The molecular weight excluding hydrogens is 378 g/mol. The van der Waals surface area contributed by atoms with Crippen molar-refractivity contribution in [2.24, 2.45) is 18.4 Å². The third-order valence-corrected chi connectivity index (χ3v) is 8.65. The molecule has 4 rings (SSSR count). The van der Waals surface area contributed by atoms with Crippen molar-refractivity contribution in [1.82, 2.24) is 0 Å². The van der Waals surface area contributed by atoms with Crippen molar-refractivity contribution in [3.05, 3.63) is 39.7 Å². The first kappa shape index (κ1) is 20.6. The number of benzene rings is 1. The van der Waals surface area contributed by atoms with E-state index < -0.39 is 0 Å². The van der Waals surface area contributed by atoms with Crippen LogP contribution in [-0.4, -0.2) is 13.1 Å². The van der Waals surface area contributed by atoms with Crippen LogP contribution >= 0.6 is 11.3 Å². The lowest BCUT2D eigenvalue weighted by atomic mass is 9.49. The van der Waals surface area contributed by atoms with Gasteiger partial charge in [-0.25, -0.2) is 0 Å². The summed E-state index contributed by atoms with van der Waals surface area (Å²) in [5.41, 5.74) is 8.84. The Balaban J connectivity index is 1.90. The van der Waals surface area contributed by atoms with Gasteiger partial charge in [0.15, 0.2) is 0 Å². The molecule has 2 aliphatic rings. The Morgan fingerprint density at radius 1 is 1.28 bits per heavy atom. The molecule has 0 saturated heterocycles. The molecule has 0 unspecified atom stereocenters. The van der Waals surface area contributed by atoms with Gasteiger partial charge >= 0.3 is 5.97 Å². The number of hydrogen-bond donors (Lipinski definition) is 0. The first-order valence-corrected chi connectivity index (χ1v) is 11.8. The van der Waals surface area contributed by atoms with E-state index in [4.69, 9.17) is 4.74 Å². The predicted octanol–water partition coefficient (Wildman–Crippen LogP) is 5.55. The van der Waals surface area contributed by atoms with Crippen molar-refractivity contribution in [2.45, 2.75) is 71.1 Å². The molecule has 0 radical (unpaired) electrons. The van der Waals surface area contributed by atoms with Gasteiger partial charge < -0.3 is 4.74 Å². The van der Waals surface area contributed by atoms with Crippen molar-refractivity contribution >= 4 is 17.3 Å². The van der Waals surface area contributed by atoms with Crippen LogP contribution in [0.25, 0.3) is 11.3 Å². The fourth-order valence-electron chi connectivity index (χ4n) is 6.29. The Kier molecular flexibility index (Phi) is 5.13. The minimum Gasteiger partial charge on any atom is -0.469 e. The summed E-state index contributed by atoms with van der Waals surface area (Å²) in [7, 11) is 3.68. The highest BCUT2D eigenvalue weighted by molar-refractivity contribution is 7.07. The number of ether oxygens (including phenoxy) is 1. The average Bonchev–Trinajstić information content (AvgIpc) is 3.12. The first-order chi connectivity index (χ1) is 13.7. The van der Waals surface area contributed by atoms with Crippen LogP contribution in [-0.2, 0) is 28.4 Å². The second kappa shape index (κ2) is 7.23. The normalized spacial score (nSPS) is 28.7. The summed E-state index contributed by atoms with van der Waals surface area (Å²) >= 11 is 1.75. The smallest absolute Gasteiger partial charge is 0.311 e. The van der Waals surface area contributed by atoms with Gasteiger partial charge in [0.1, 0.15) is 7.05 Å². The lowest BCUT2D eigenvalue weighted by Crippen LogP contribution is -2.52. The Morgan fingerprint density at radius 3 is 2.66 bits per heavy atom. The summed E-state index contributed by atoms with van der Waals surface area (Å²) in [6.07, 6.45) is 5.28. The molecule has 0 spiro atoms. The maximum atomic E-state index is 12.8. The number of fused-ring (bicyclic) bond motifs is 3. The maximum Gasteiger partial charge on any atom is 0.311 e. The second-order valence-corrected chi connectivity index (χ2v) is 10.6. The van der Waals surface area contributed by atoms with Gasteiger partial charge in [-0.2, -0.15) is 4.57 Å². The molecule has 29 heavy (non-hydrogen) atoms. The molecular formula is C25H34NO2S+. The van der Waals surface area contributed by atoms with E-state index in [1.165, 1.54) is 27.9 Å². The Bertz CT molecular complexity index is 946. The quantitative estimate of drug-likeness (QED) is 0.489. The topological polar surface area (TPSA) is 30.2 Å². The van der Waals surface area contributed by atoms with E-state index in [-0.39, 0.29) is 16.8 Å². The summed E-state index contributed by atoms with van der Waals surface area (Å²) in [6.45, 7) is 9.14. The van der Waals surface area contributed by atoms with Crippen molar-refractivity contribution in [1.29, 1.82) is 0 Å². The number of esters is 1. The molecule has 2 aromatic rings. The van der Waals surface area contributed by atoms with Gasteiger partial charge in [-0.3, -0.25) is 4.79 Å². The third kappa shape index (κ3) is 3.06. The molecule has 0 N–H and O–H groups in total. The molecule has 156 valence electrons. The fourth-order valence-corrected chi connectivity index (χ4v) is 7.07. The molecule has 1 aromatic heterocycles. The minimum absolute atomic E-state index is 0.0215. The number of rotatable bonds is 3. The number of nitrogens with zero attached hydrogens (tertiary/aromatic N) is 1. The van der Waals surface area contributed by atoms with E-state index in [0.717, 1.165) is 32.1 Å². The highest BCUT2D eigenvalue weighted by atomic mass is 32.1. The zero-order valence-corrected chi connectivity index (χ0v) is 19.5. The highest BCUT2D eigenvalue weighted by Gasteiger charge is 2.55. The van der Waals surface area contributed by atoms with Gasteiger partial charge in [0.2, 0.25) is 11.2 Å². The van der Waals surface area contributed by atoms with E-state index in [9.17, 15) is 4.79 Å². The van der Waals surface area contributed by atoms with Crippen LogP contribution in [0.5, 0.6) is 0 Å². The SMILES string of the molecule is COC(=O)[C@]1(C)CCC[C@]2(C)c3cc(-c4csc[n+]4C)c(C(C)C)cc3CC[C@@H]12. The lowest BCUT2D eigenvalue weighted by molar-refractivity contribution is -0.655. The van der Waals surface area contributed by atoms with E-state index in [1.807, 2.05) is 0 Å². The summed E-state index contributed by atoms with van der Waals surface area (Å²) in [4.78, 5) is 12.8. The Hall–Kier alpha value is -1.68. The van der Waals surface area contributed by atoms with Crippen LogP contribution in [0.2, 0.25) is 0 Å². The number of carbonyl (C=O) groups excluding carboxylic acids is 1. The zero-order valence-electron chi connectivity index (χ0n) is 18.7. The van der Waals surface area contributed by atoms with E-state index in [1.54, 1.807) is 18.4 Å². The third-order valence-electron chi connectivity index (χ3n) is 7.85. The van der Waals surface area contributed by atoms with Crippen LogP contribution in [0.1, 0.15) is 76.0 Å². The first-order valence-electron chi connectivity index (χ1n) is 10.9.